The van der Waals surface area contributed by atoms with Gasteiger partial charge in [-0.25, -0.2) is 9.18 Å². The third-order valence-corrected chi connectivity index (χ3v) is 19.6. The van der Waals surface area contributed by atoms with Gasteiger partial charge in [0, 0.05) is 16.6 Å². The lowest BCUT2D eigenvalue weighted by atomic mass is 10.1. The zero-order valence-corrected chi connectivity index (χ0v) is 35.3. The third kappa shape index (κ3) is 10.9. The van der Waals surface area contributed by atoms with Crippen molar-refractivity contribution in [1.29, 1.82) is 0 Å². The molecule has 3 rings (SSSR count). The first-order valence-electron chi connectivity index (χ1n) is 17.4. The van der Waals surface area contributed by atoms with Crippen molar-refractivity contribution in [2.75, 3.05) is 25.1 Å². The first kappa shape index (κ1) is 43.6. The SMILES string of the molecule is C[C@H](CO[Si](C)(C)C(C)(C)C)N(CC(=O)N[C@@H](CO[Si](C)(C)C(C)(C)C)c1cccc(Cl)c1F)C(=O)Cn1nc(C(N)=O)c2cc(NC(=O)O)ccc21. The van der Waals surface area contributed by atoms with Gasteiger partial charge in [-0.3, -0.25) is 24.4 Å². The molecule has 1 aromatic heterocycles. The molecule has 13 nitrogen and oxygen atoms in total. The van der Waals surface area contributed by atoms with Gasteiger partial charge in [0.1, 0.15) is 12.4 Å². The van der Waals surface area contributed by atoms with Crippen LogP contribution in [0.15, 0.2) is 36.4 Å². The largest absolute Gasteiger partial charge is 0.465 e. The van der Waals surface area contributed by atoms with E-state index in [2.05, 4.69) is 83.5 Å². The number of carbonyl (C=O) groups excluding carboxylic acids is 3. The number of hydrogen-bond acceptors (Lipinski definition) is 7. The number of carboxylic acid groups (broad SMARTS) is 1. The molecule has 0 aliphatic carbocycles. The van der Waals surface area contributed by atoms with E-state index in [4.69, 9.17) is 31.3 Å². The summed E-state index contributed by atoms with van der Waals surface area (Å²) in [6, 6.07) is 7.41. The highest BCUT2D eigenvalue weighted by molar-refractivity contribution is 6.74. The predicted octanol–water partition coefficient (Wildman–Crippen LogP) is 7.14. The summed E-state index contributed by atoms with van der Waals surface area (Å²) < 4.78 is 29.6. The van der Waals surface area contributed by atoms with E-state index >= 15 is 4.39 Å². The van der Waals surface area contributed by atoms with Gasteiger partial charge in [-0.1, -0.05) is 65.3 Å². The summed E-state index contributed by atoms with van der Waals surface area (Å²) >= 11 is 6.15. The van der Waals surface area contributed by atoms with Crippen LogP contribution >= 0.6 is 11.6 Å². The smallest absolute Gasteiger partial charge is 0.409 e. The predicted molar refractivity (Wildman–Crippen MR) is 210 cm³/mol. The normalized spacial score (nSPS) is 13.8. The Hall–Kier alpha value is -3.84. The average molecular weight is 793 g/mol. The highest BCUT2D eigenvalue weighted by Gasteiger charge is 2.40. The minimum atomic E-state index is -2.34. The highest BCUT2D eigenvalue weighted by Crippen LogP contribution is 2.38. The molecule has 0 aliphatic heterocycles. The van der Waals surface area contributed by atoms with Gasteiger partial charge in [-0.15, -0.1) is 0 Å². The summed E-state index contributed by atoms with van der Waals surface area (Å²) in [7, 11) is -4.61. The first-order chi connectivity index (χ1) is 24.3. The molecule has 2 atom stereocenters. The van der Waals surface area contributed by atoms with Crippen molar-refractivity contribution in [2.24, 2.45) is 5.73 Å². The number of fused-ring (bicyclic) bond motifs is 1. The zero-order chi connectivity index (χ0) is 40.3. The number of rotatable bonds is 15. The van der Waals surface area contributed by atoms with Crippen LogP contribution in [-0.2, 0) is 25.0 Å². The van der Waals surface area contributed by atoms with Gasteiger partial charge in [0.2, 0.25) is 11.8 Å². The zero-order valence-electron chi connectivity index (χ0n) is 32.5. The topological polar surface area (TPSA) is 178 Å². The fourth-order valence-electron chi connectivity index (χ4n) is 4.93. The first-order valence-corrected chi connectivity index (χ1v) is 23.6. The van der Waals surface area contributed by atoms with Gasteiger partial charge in [0.15, 0.2) is 22.3 Å². The number of hydrogen-bond donors (Lipinski definition) is 4. The Morgan fingerprint density at radius 2 is 1.58 bits per heavy atom. The molecule has 0 unspecified atom stereocenters. The van der Waals surface area contributed by atoms with Crippen LogP contribution in [0.5, 0.6) is 0 Å². The van der Waals surface area contributed by atoms with E-state index in [0.29, 0.717) is 5.52 Å². The fourth-order valence-corrected chi connectivity index (χ4v) is 7.22. The monoisotopic (exact) mass is 792 g/mol. The summed E-state index contributed by atoms with van der Waals surface area (Å²) in [5.74, 6) is -2.66. The number of nitrogens with zero attached hydrogens (tertiary/aromatic N) is 3. The van der Waals surface area contributed by atoms with Gasteiger partial charge < -0.3 is 29.9 Å². The van der Waals surface area contributed by atoms with Crippen LogP contribution in [0.3, 0.4) is 0 Å². The number of carbonyl (C=O) groups is 4. The van der Waals surface area contributed by atoms with Gasteiger partial charge in [0.25, 0.3) is 5.91 Å². The number of nitrogens with one attached hydrogen (secondary N) is 2. The minimum Gasteiger partial charge on any atom is -0.465 e. The van der Waals surface area contributed by atoms with E-state index in [9.17, 15) is 19.2 Å². The molecule has 2 aromatic carbocycles. The summed E-state index contributed by atoms with van der Waals surface area (Å²) in [6.07, 6.45) is -1.30. The molecular weight excluding hydrogens is 739 g/mol. The number of halogens is 2. The molecule has 5 N–H and O–H groups in total. The summed E-state index contributed by atoms with van der Waals surface area (Å²) in [4.78, 5) is 53.1. The van der Waals surface area contributed by atoms with Crippen LogP contribution in [0, 0.1) is 5.82 Å². The Kier molecular flexibility index (Phi) is 13.7. The lowest BCUT2D eigenvalue weighted by Gasteiger charge is -2.39. The Bertz CT molecular complexity index is 1840. The number of primary amides is 1. The molecule has 0 aliphatic rings. The van der Waals surface area contributed by atoms with Crippen molar-refractivity contribution in [3.63, 3.8) is 0 Å². The molecular formula is C36H54ClFN6O7Si2. The number of amides is 4. The molecule has 0 saturated carbocycles. The van der Waals surface area contributed by atoms with E-state index in [-0.39, 0.29) is 50.6 Å². The van der Waals surface area contributed by atoms with Crippen molar-refractivity contribution < 1.29 is 37.5 Å². The molecule has 0 fully saturated rings. The molecule has 4 amide bonds. The second-order valence-electron chi connectivity index (χ2n) is 16.3. The molecule has 17 heteroatoms. The van der Waals surface area contributed by atoms with Gasteiger partial charge >= 0.3 is 6.09 Å². The Morgan fingerprint density at radius 1 is 1.00 bits per heavy atom. The van der Waals surface area contributed by atoms with Crippen LogP contribution in [-0.4, -0.2) is 86.0 Å². The van der Waals surface area contributed by atoms with E-state index in [0.717, 1.165) is 0 Å². The molecule has 0 saturated heterocycles. The number of benzene rings is 2. The van der Waals surface area contributed by atoms with Crippen molar-refractivity contribution in [3.05, 3.63) is 58.5 Å². The molecule has 0 radical (unpaired) electrons. The summed E-state index contributed by atoms with van der Waals surface area (Å²) in [5, 5.41) is 18.4. The van der Waals surface area contributed by atoms with E-state index < -0.39 is 71.4 Å². The minimum absolute atomic E-state index is 0.0224. The molecule has 0 spiro atoms. The maximum atomic E-state index is 15.4. The Labute approximate surface area is 318 Å². The molecule has 0 bridgehead atoms. The molecule has 292 valence electrons. The van der Waals surface area contributed by atoms with Crippen molar-refractivity contribution in [1.82, 2.24) is 20.0 Å². The second-order valence-corrected chi connectivity index (χ2v) is 26.3. The maximum Gasteiger partial charge on any atom is 0.409 e. The Balaban J connectivity index is 1.99. The van der Waals surface area contributed by atoms with Crippen LogP contribution in [0.2, 0.25) is 41.3 Å². The summed E-state index contributed by atoms with van der Waals surface area (Å²) in [6.45, 7) is 21.8. The van der Waals surface area contributed by atoms with Crippen molar-refractivity contribution >= 4 is 68.6 Å². The highest BCUT2D eigenvalue weighted by atomic mass is 35.5. The number of nitrogens with two attached hydrogens (primary N) is 1. The van der Waals surface area contributed by atoms with Crippen LogP contribution in [0.4, 0.5) is 14.9 Å². The lowest BCUT2D eigenvalue weighted by molar-refractivity contribution is -0.139. The van der Waals surface area contributed by atoms with Crippen LogP contribution in [0.1, 0.15) is 70.6 Å². The number of anilines is 1. The van der Waals surface area contributed by atoms with Gasteiger partial charge in [0.05, 0.1) is 42.4 Å². The van der Waals surface area contributed by atoms with E-state index in [1.54, 1.807) is 13.0 Å². The Morgan fingerprint density at radius 3 is 2.13 bits per heavy atom. The van der Waals surface area contributed by atoms with E-state index in [1.807, 2.05) is 0 Å². The quantitative estimate of drug-likeness (QED) is 0.117. The average Bonchev–Trinajstić information content (AvgIpc) is 3.38. The molecule has 53 heavy (non-hydrogen) atoms. The number of aromatic nitrogens is 2. The standard InChI is InChI=1S/C36H54ClFN6O7Si2/c1-22(20-50-52(8,9)35(2,3)4)43(30(46)19-44-28-16-15-23(40-34(48)49)17-25(28)32(42-44)33(39)47)18-29(45)41-27(21-51-53(10,11)36(5,6)7)24-13-12-14-26(37)31(24)38/h12-17,22,27,40H,18-21H2,1-11H3,(H2,39,47)(H,41,45)(H,48,49)/t22-,27+/m1/s1. The van der Waals surface area contributed by atoms with E-state index in [1.165, 1.54) is 39.9 Å². The lowest BCUT2D eigenvalue weighted by Crippen LogP contribution is -2.51. The molecule has 1 heterocycles. The second kappa shape index (κ2) is 16.7. The fraction of sp³-hybridized carbons (Fsp3) is 0.528. The van der Waals surface area contributed by atoms with Gasteiger partial charge in [-0.2, -0.15) is 5.10 Å². The van der Waals surface area contributed by atoms with Crippen LogP contribution in [0.25, 0.3) is 10.9 Å². The summed E-state index contributed by atoms with van der Waals surface area (Å²) in [5.41, 5.74) is 6.11. The van der Waals surface area contributed by atoms with Crippen molar-refractivity contribution in [2.45, 2.75) is 103 Å². The third-order valence-electron chi connectivity index (χ3n) is 10.3. The molecule has 3 aromatic rings. The van der Waals surface area contributed by atoms with Crippen LogP contribution < -0.4 is 16.4 Å². The van der Waals surface area contributed by atoms with Crippen molar-refractivity contribution in [3.8, 4) is 0 Å². The maximum absolute atomic E-state index is 15.4. The van der Waals surface area contributed by atoms with Gasteiger partial charge in [-0.05, 0) is 67.5 Å².